The number of thioether (sulfide) groups is 1. The van der Waals surface area contributed by atoms with Crippen LogP contribution in [0.25, 0.3) is 6.08 Å². The van der Waals surface area contributed by atoms with Crippen molar-refractivity contribution < 1.29 is 19.1 Å². The Kier molecular flexibility index (Phi) is 8.26. The Morgan fingerprint density at radius 2 is 1.81 bits per heavy atom. The third-order valence-electron chi connectivity index (χ3n) is 4.39. The normalized spacial score (nSPS) is 15.8. The molecule has 0 aliphatic carbocycles. The highest BCUT2D eigenvalue weighted by molar-refractivity contribution is 8.18. The van der Waals surface area contributed by atoms with Gasteiger partial charge in [0.05, 0.1) is 21.0 Å². The van der Waals surface area contributed by atoms with Gasteiger partial charge in [0.2, 0.25) is 0 Å². The summed E-state index contributed by atoms with van der Waals surface area (Å²) in [5, 5.41) is 2.87. The first-order valence-corrected chi connectivity index (χ1v) is 11.3. The van der Waals surface area contributed by atoms with Crippen LogP contribution in [0, 0.1) is 0 Å². The minimum absolute atomic E-state index is 0.262. The van der Waals surface area contributed by atoms with Crippen molar-refractivity contribution in [3.8, 4) is 11.5 Å². The van der Waals surface area contributed by atoms with Gasteiger partial charge in [-0.25, -0.2) is 0 Å². The van der Waals surface area contributed by atoms with E-state index in [1.165, 1.54) is 0 Å². The molecule has 9 heteroatoms. The van der Waals surface area contributed by atoms with Crippen molar-refractivity contribution in [3.05, 3.63) is 62.5 Å². The van der Waals surface area contributed by atoms with E-state index in [0.717, 1.165) is 35.7 Å². The molecule has 0 saturated carbocycles. The minimum Gasteiger partial charge on any atom is -0.492 e. The quantitative estimate of drug-likeness (QED) is 0.487. The summed E-state index contributed by atoms with van der Waals surface area (Å²) in [6.45, 7) is 2.58. The van der Waals surface area contributed by atoms with E-state index in [9.17, 15) is 9.59 Å². The lowest BCUT2D eigenvalue weighted by atomic mass is 10.1. The number of benzene rings is 2. The van der Waals surface area contributed by atoms with E-state index in [4.69, 9.17) is 38.4 Å². The number of nitrogens with two attached hydrogens (primary N) is 1. The van der Waals surface area contributed by atoms with Crippen LogP contribution in [-0.2, 0) is 11.2 Å². The number of hydrogen-bond acceptors (Lipinski definition) is 6. The molecular formula is C22H22Cl2N2O4S. The third kappa shape index (κ3) is 6.40. The molecule has 0 aromatic heterocycles. The molecule has 3 N–H and O–H groups in total. The largest absolute Gasteiger partial charge is 0.492 e. The molecule has 2 aromatic carbocycles. The van der Waals surface area contributed by atoms with Crippen molar-refractivity contribution in [3.63, 3.8) is 0 Å². The summed E-state index contributed by atoms with van der Waals surface area (Å²) < 4.78 is 11.6. The monoisotopic (exact) mass is 480 g/mol. The lowest BCUT2D eigenvalue weighted by Gasteiger charge is -2.17. The lowest BCUT2D eigenvalue weighted by Crippen LogP contribution is -2.34. The van der Waals surface area contributed by atoms with Crippen LogP contribution in [0.1, 0.15) is 24.5 Å². The Morgan fingerprint density at radius 1 is 1.10 bits per heavy atom. The van der Waals surface area contributed by atoms with Crippen LogP contribution in [0.3, 0.4) is 0 Å². The SMILES string of the molecule is CCCc1c(OC[C@@H](N)COc2ccc(/C=C3/SC(=O)NC3=O)cc2)ccc(Cl)c1Cl. The number of carbonyl (C=O) groups excluding carboxylic acids is 2. The van der Waals surface area contributed by atoms with Crippen molar-refractivity contribution in [2.45, 2.75) is 25.8 Å². The van der Waals surface area contributed by atoms with Gasteiger partial charge in [0.1, 0.15) is 24.7 Å². The van der Waals surface area contributed by atoms with E-state index in [1.807, 2.05) is 0 Å². The summed E-state index contributed by atoms with van der Waals surface area (Å²) in [4.78, 5) is 23.2. The number of halogens is 2. The highest BCUT2D eigenvalue weighted by Crippen LogP contribution is 2.34. The van der Waals surface area contributed by atoms with Crippen molar-refractivity contribution in [1.82, 2.24) is 5.32 Å². The fraction of sp³-hybridized carbons (Fsp3) is 0.273. The molecule has 1 fully saturated rings. The van der Waals surface area contributed by atoms with Crippen LogP contribution >= 0.6 is 35.0 Å². The molecule has 0 bridgehead atoms. The van der Waals surface area contributed by atoms with E-state index in [-0.39, 0.29) is 30.4 Å². The summed E-state index contributed by atoms with van der Waals surface area (Å²) >= 11 is 13.3. The maximum atomic E-state index is 11.6. The Morgan fingerprint density at radius 3 is 2.45 bits per heavy atom. The summed E-state index contributed by atoms with van der Waals surface area (Å²) in [6.07, 6.45) is 3.33. The zero-order chi connectivity index (χ0) is 22.4. The van der Waals surface area contributed by atoms with Crippen LogP contribution in [0.15, 0.2) is 41.3 Å². The van der Waals surface area contributed by atoms with E-state index in [1.54, 1.807) is 42.5 Å². The smallest absolute Gasteiger partial charge is 0.290 e. The number of amides is 2. The molecule has 0 unspecified atom stereocenters. The average Bonchev–Trinajstić information content (AvgIpc) is 3.07. The van der Waals surface area contributed by atoms with Gasteiger partial charge in [-0.2, -0.15) is 0 Å². The summed E-state index contributed by atoms with van der Waals surface area (Å²) in [6, 6.07) is 10.3. The molecule has 3 rings (SSSR count). The molecule has 0 radical (unpaired) electrons. The summed E-state index contributed by atoms with van der Waals surface area (Å²) in [7, 11) is 0. The number of rotatable bonds is 9. The Bertz CT molecular complexity index is 996. The zero-order valence-corrected chi connectivity index (χ0v) is 19.2. The van der Waals surface area contributed by atoms with Gasteiger partial charge in [-0.1, -0.05) is 48.7 Å². The van der Waals surface area contributed by atoms with Gasteiger partial charge < -0.3 is 15.2 Å². The number of hydrogen-bond donors (Lipinski definition) is 2. The topological polar surface area (TPSA) is 90.7 Å². The predicted molar refractivity (Wildman–Crippen MR) is 125 cm³/mol. The van der Waals surface area contributed by atoms with Crippen LogP contribution < -0.4 is 20.5 Å². The third-order valence-corrected chi connectivity index (χ3v) is 6.04. The van der Waals surface area contributed by atoms with Gasteiger partial charge in [0.25, 0.3) is 11.1 Å². The maximum absolute atomic E-state index is 11.6. The Balaban J connectivity index is 1.52. The number of imide groups is 1. The van der Waals surface area contributed by atoms with Crippen LogP contribution in [-0.4, -0.2) is 30.4 Å². The first-order valence-electron chi connectivity index (χ1n) is 9.70. The number of nitrogens with one attached hydrogen (secondary N) is 1. The molecule has 1 aliphatic heterocycles. The number of ether oxygens (including phenoxy) is 2. The molecule has 1 atom stereocenters. The van der Waals surface area contributed by atoms with Crippen LogP contribution in [0.2, 0.25) is 10.0 Å². The molecule has 1 heterocycles. The second-order valence-electron chi connectivity index (χ2n) is 6.89. The molecular weight excluding hydrogens is 459 g/mol. The van der Waals surface area contributed by atoms with Gasteiger partial charge in [0.15, 0.2) is 0 Å². The zero-order valence-electron chi connectivity index (χ0n) is 16.8. The highest BCUT2D eigenvalue weighted by atomic mass is 35.5. The van der Waals surface area contributed by atoms with E-state index in [0.29, 0.717) is 26.4 Å². The van der Waals surface area contributed by atoms with Crippen LogP contribution in [0.5, 0.6) is 11.5 Å². The molecule has 2 amide bonds. The molecule has 31 heavy (non-hydrogen) atoms. The average molecular weight is 481 g/mol. The molecule has 0 spiro atoms. The highest BCUT2D eigenvalue weighted by Gasteiger charge is 2.24. The fourth-order valence-corrected chi connectivity index (χ4v) is 3.98. The van der Waals surface area contributed by atoms with Gasteiger partial charge >= 0.3 is 0 Å². The van der Waals surface area contributed by atoms with Gasteiger partial charge in [-0.05, 0) is 54.1 Å². The summed E-state index contributed by atoms with van der Waals surface area (Å²) in [5.74, 6) is 0.931. The standard InChI is InChI=1S/C22H22Cl2N2O4S/c1-2-3-16-18(9-8-17(23)20(16)24)30-12-14(25)11-29-15-6-4-13(5-7-15)10-19-21(27)26-22(28)31-19/h4-10,14H,2-3,11-12,25H2,1H3,(H,26,27,28)/b19-10+/t14-/m0/s1. The van der Waals surface area contributed by atoms with Crippen molar-refractivity contribution in [2.75, 3.05) is 13.2 Å². The van der Waals surface area contributed by atoms with E-state index < -0.39 is 0 Å². The van der Waals surface area contributed by atoms with Crippen molar-refractivity contribution in [2.24, 2.45) is 5.73 Å². The van der Waals surface area contributed by atoms with E-state index in [2.05, 4.69) is 12.2 Å². The second kappa shape index (κ2) is 10.9. The van der Waals surface area contributed by atoms with Gasteiger partial charge in [-0.3, -0.25) is 14.9 Å². The molecule has 1 aliphatic rings. The Labute approximate surface area is 195 Å². The molecule has 6 nitrogen and oxygen atoms in total. The van der Waals surface area contributed by atoms with Crippen LogP contribution in [0.4, 0.5) is 4.79 Å². The maximum Gasteiger partial charge on any atom is 0.290 e. The van der Waals surface area contributed by atoms with Crippen molar-refractivity contribution >= 4 is 52.2 Å². The molecule has 164 valence electrons. The van der Waals surface area contributed by atoms with E-state index >= 15 is 0 Å². The van der Waals surface area contributed by atoms with Gasteiger partial charge in [0, 0.05) is 5.56 Å². The fourth-order valence-electron chi connectivity index (χ4n) is 2.87. The number of carbonyl (C=O) groups is 2. The predicted octanol–water partition coefficient (Wildman–Crippen LogP) is 5.05. The molecule has 1 saturated heterocycles. The molecule has 2 aromatic rings. The second-order valence-corrected chi connectivity index (χ2v) is 8.69. The summed E-state index contributed by atoms with van der Waals surface area (Å²) in [5.41, 5.74) is 7.80. The lowest BCUT2D eigenvalue weighted by molar-refractivity contribution is -0.115. The van der Waals surface area contributed by atoms with Crippen molar-refractivity contribution in [1.29, 1.82) is 0 Å². The Hall–Kier alpha value is -2.19. The first kappa shape index (κ1) is 23.5. The first-order chi connectivity index (χ1) is 14.9. The van der Waals surface area contributed by atoms with Gasteiger partial charge in [-0.15, -0.1) is 0 Å². The minimum atomic E-state index is -0.384.